The maximum absolute atomic E-state index is 13.7. The van der Waals surface area contributed by atoms with Crippen LogP contribution in [0.25, 0.3) is 22.2 Å². The van der Waals surface area contributed by atoms with E-state index in [1.807, 2.05) is 41.1 Å². The number of aromatic carboxylic acids is 1. The third-order valence-electron chi connectivity index (χ3n) is 5.53. The molecule has 0 aliphatic heterocycles. The van der Waals surface area contributed by atoms with E-state index in [1.54, 1.807) is 18.2 Å². The molecule has 0 aliphatic rings. The van der Waals surface area contributed by atoms with Crippen molar-refractivity contribution in [3.63, 3.8) is 0 Å². The lowest BCUT2D eigenvalue weighted by molar-refractivity contribution is 0.0684. The first kappa shape index (κ1) is 20.6. The van der Waals surface area contributed by atoms with Crippen molar-refractivity contribution < 1.29 is 18.7 Å². The molecule has 5 rings (SSSR count). The van der Waals surface area contributed by atoms with E-state index in [0.717, 1.165) is 22.0 Å². The predicted molar refractivity (Wildman–Crippen MR) is 121 cm³/mol. The van der Waals surface area contributed by atoms with Gasteiger partial charge in [-0.2, -0.15) is 5.10 Å². The summed E-state index contributed by atoms with van der Waals surface area (Å²) < 4.78 is 30.6. The van der Waals surface area contributed by atoms with Gasteiger partial charge in [0.1, 0.15) is 17.3 Å². The topological polar surface area (TPSA) is 60.0 Å². The molecular weight excluding hydrogens is 424 g/mol. The Bertz CT molecular complexity index is 1490. The second-order valence-corrected chi connectivity index (χ2v) is 7.83. The largest absolute Gasteiger partial charge is 0.477 e. The molecular formula is C26H19F2N3O2. The van der Waals surface area contributed by atoms with Crippen molar-refractivity contribution in [3.8, 4) is 11.3 Å². The highest BCUT2D eigenvalue weighted by Gasteiger charge is 2.19. The van der Waals surface area contributed by atoms with Crippen LogP contribution in [0.5, 0.6) is 0 Å². The number of carbonyl (C=O) groups is 1. The van der Waals surface area contributed by atoms with E-state index in [9.17, 15) is 18.7 Å². The van der Waals surface area contributed by atoms with Crippen LogP contribution in [0.2, 0.25) is 0 Å². The minimum atomic E-state index is -1.12. The number of hydrogen-bond acceptors (Lipinski definition) is 2. The van der Waals surface area contributed by atoms with Crippen LogP contribution in [-0.4, -0.2) is 25.4 Å². The van der Waals surface area contributed by atoms with Gasteiger partial charge in [-0.25, -0.2) is 13.6 Å². The first-order valence-electron chi connectivity index (χ1n) is 10.4. The SMILES string of the molecule is O=C(O)c1cc(-c2cn(Cc3cccc(F)c3)c3ccccc23)nn1Cc1cccc(F)c1. The van der Waals surface area contributed by atoms with Crippen LogP contribution in [0, 0.1) is 11.6 Å². The standard InChI is InChI=1S/C26H19F2N3O2/c27-19-7-3-5-17(11-19)14-30-16-22(21-9-1-2-10-24(21)30)23-13-25(26(32)33)31(29-23)15-18-6-4-8-20(28)12-18/h1-13,16H,14-15H2,(H,32,33). The number of fused-ring (bicyclic) bond motifs is 1. The fourth-order valence-electron chi connectivity index (χ4n) is 4.06. The smallest absolute Gasteiger partial charge is 0.354 e. The van der Waals surface area contributed by atoms with Crippen LogP contribution >= 0.6 is 0 Å². The Morgan fingerprint density at radius 1 is 0.848 bits per heavy atom. The lowest BCUT2D eigenvalue weighted by Crippen LogP contribution is -2.11. The second kappa shape index (κ2) is 8.35. The Hall–Kier alpha value is -4.26. The van der Waals surface area contributed by atoms with Gasteiger partial charge in [-0.05, 0) is 47.5 Å². The van der Waals surface area contributed by atoms with Gasteiger partial charge in [0, 0.05) is 29.2 Å². The van der Waals surface area contributed by atoms with Gasteiger partial charge in [-0.15, -0.1) is 0 Å². The average Bonchev–Trinajstić information content (AvgIpc) is 3.36. The van der Waals surface area contributed by atoms with Crippen molar-refractivity contribution in [2.24, 2.45) is 0 Å². The summed E-state index contributed by atoms with van der Waals surface area (Å²) in [5.74, 6) is -1.81. The van der Waals surface area contributed by atoms with Crippen LogP contribution in [0.15, 0.2) is 85.1 Å². The minimum absolute atomic E-state index is 0.0104. The summed E-state index contributed by atoms with van der Waals surface area (Å²) in [5.41, 5.74) is 3.62. The van der Waals surface area contributed by atoms with Crippen molar-refractivity contribution in [1.29, 1.82) is 0 Å². The van der Waals surface area contributed by atoms with Gasteiger partial charge in [0.15, 0.2) is 0 Å². The number of carboxylic acid groups (broad SMARTS) is 1. The van der Waals surface area contributed by atoms with Crippen molar-refractivity contribution in [2.75, 3.05) is 0 Å². The summed E-state index contributed by atoms with van der Waals surface area (Å²) in [4.78, 5) is 11.9. The minimum Gasteiger partial charge on any atom is -0.477 e. The molecule has 5 nitrogen and oxygen atoms in total. The first-order valence-corrected chi connectivity index (χ1v) is 10.4. The highest BCUT2D eigenvalue weighted by molar-refractivity contribution is 5.96. The van der Waals surface area contributed by atoms with Crippen molar-refractivity contribution >= 4 is 16.9 Å². The lowest BCUT2D eigenvalue weighted by atomic mass is 10.1. The molecule has 0 unspecified atom stereocenters. The molecule has 0 bridgehead atoms. The molecule has 2 heterocycles. The number of benzene rings is 3. The molecule has 0 saturated heterocycles. The number of rotatable bonds is 6. The van der Waals surface area contributed by atoms with Crippen molar-refractivity contribution in [2.45, 2.75) is 13.1 Å². The van der Waals surface area contributed by atoms with Gasteiger partial charge < -0.3 is 9.67 Å². The zero-order valence-corrected chi connectivity index (χ0v) is 17.5. The number of aromatic nitrogens is 3. The molecule has 1 N–H and O–H groups in total. The molecule has 2 aromatic heterocycles. The molecule has 0 fully saturated rings. The molecule has 164 valence electrons. The first-order chi connectivity index (χ1) is 16.0. The lowest BCUT2D eigenvalue weighted by Gasteiger charge is -2.05. The van der Waals surface area contributed by atoms with Crippen LogP contribution in [0.4, 0.5) is 8.78 Å². The Balaban J connectivity index is 1.58. The highest BCUT2D eigenvalue weighted by Crippen LogP contribution is 2.31. The number of carboxylic acids is 1. The highest BCUT2D eigenvalue weighted by atomic mass is 19.1. The molecule has 0 spiro atoms. The van der Waals surface area contributed by atoms with Gasteiger partial charge in [-0.1, -0.05) is 42.5 Å². The molecule has 3 aromatic carbocycles. The number of hydrogen-bond donors (Lipinski definition) is 1. The third kappa shape index (κ3) is 4.13. The Morgan fingerprint density at radius 2 is 1.52 bits per heavy atom. The summed E-state index contributed by atoms with van der Waals surface area (Å²) >= 11 is 0. The van der Waals surface area contributed by atoms with E-state index in [2.05, 4.69) is 5.10 Å². The second-order valence-electron chi connectivity index (χ2n) is 7.83. The van der Waals surface area contributed by atoms with Crippen LogP contribution < -0.4 is 0 Å². The number of nitrogens with zero attached hydrogens (tertiary/aromatic N) is 3. The van der Waals surface area contributed by atoms with E-state index in [4.69, 9.17) is 0 Å². The summed E-state index contributed by atoms with van der Waals surface area (Å²) in [7, 11) is 0. The maximum Gasteiger partial charge on any atom is 0.354 e. The molecule has 5 aromatic rings. The zero-order chi connectivity index (χ0) is 22.9. The van der Waals surface area contributed by atoms with E-state index in [0.29, 0.717) is 17.8 Å². The Labute approximate surface area is 188 Å². The summed E-state index contributed by atoms with van der Waals surface area (Å²) in [6, 6.07) is 21.7. The fraction of sp³-hybridized carbons (Fsp3) is 0.0769. The Kier molecular flexibility index (Phi) is 5.22. The van der Waals surface area contributed by atoms with E-state index >= 15 is 0 Å². The average molecular weight is 443 g/mol. The Morgan fingerprint density at radius 3 is 2.18 bits per heavy atom. The third-order valence-corrected chi connectivity index (χ3v) is 5.53. The summed E-state index contributed by atoms with van der Waals surface area (Å²) in [6.45, 7) is 0.579. The van der Waals surface area contributed by atoms with E-state index in [1.165, 1.54) is 35.0 Å². The van der Waals surface area contributed by atoms with Crippen LogP contribution in [0.3, 0.4) is 0 Å². The van der Waals surface area contributed by atoms with Crippen molar-refractivity contribution in [1.82, 2.24) is 14.3 Å². The number of para-hydroxylation sites is 1. The van der Waals surface area contributed by atoms with E-state index in [-0.39, 0.29) is 18.1 Å². The van der Waals surface area contributed by atoms with Crippen LogP contribution in [0.1, 0.15) is 21.6 Å². The predicted octanol–water partition coefficient (Wildman–Crippen LogP) is 5.58. The van der Waals surface area contributed by atoms with Crippen molar-refractivity contribution in [3.05, 3.63) is 114 Å². The zero-order valence-electron chi connectivity index (χ0n) is 17.5. The molecule has 0 saturated carbocycles. The van der Waals surface area contributed by atoms with Gasteiger partial charge in [0.25, 0.3) is 0 Å². The molecule has 33 heavy (non-hydrogen) atoms. The molecule has 0 atom stereocenters. The normalized spacial score (nSPS) is 11.2. The maximum atomic E-state index is 13.7. The van der Waals surface area contributed by atoms with Gasteiger partial charge >= 0.3 is 5.97 Å². The molecule has 0 radical (unpaired) electrons. The monoisotopic (exact) mass is 443 g/mol. The van der Waals surface area contributed by atoms with E-state index < -0.39 is 11.8 Å². The fourth-order valence-corrected chi connectivity index (χ4v) is 4.06. The summed E-state index contributed by atoms with van der Waals surface area (Å²) in [6.07, 6.45) is 1.90. The summed E-state index contributed by atoms with van der Waals surface area (Å²) in [5, 5.41) is 15.2. The van der Waals surface area contributed by atoms with Gasteiger partial charge in [-0.3, -0.25) is 4.68 Å². The molecule has 0 aliphatic carbocycles. The molecule has 7 heteroatoms. The molecule has 0 amide bonds. The van der Waals surface area contributed by atoms with Crippen LogP contribution in [-0.2, 0) is 13.1 Å². The van der Waals surface area contributed by atoms with Gasteiger partial charge in [0.05, 0.1) is 12.2 Å². The quantitative estimate of drug-likeness (QED) is 0.373. The number of halogens is 2. The van der Waals surface area contributed by atoms with Gasteiger partial charge in [0.2, 0.25) is 0 Å².